The van der Waals surface area contributed by atoms with Crippen molar-refractivity contribution in [1.29, 1.82) is 0 Å². The van der Waals surface area contributed by atoms with Crippen molar-refractivity contribution in [3.8, 4) is 5.75 Å². The Morgan fingerprint density at radius 2 is 1.00 bits per heavy atom. The van der Waals surface area contributed by atoms with Gasteiger partial charge >= 0.3 is 5.97 Å². The molecule has 0 saturated carbocycles. The minimum Gasteiger partial charge on any atom is -0.462 e. The zero-order valence-corrected chi connectivity index (χ0v) is 28.8. The maximum atomic E-state index is 12.3. The first kappa shape index (κ1) is 36.0. The topological polar surface area (TPSA) is 81.7 Å². The molecule has 1 aliphatic rings. The van der Waals surface area contributed by atoms with E-state index in [0.717, 1.165) is 22.3 Å². The summed E-state index contributed by atoms with van der Waals surface area (Å²) in [7, 11) is 0. The normalized spacial score (nSPS) is 20.1. The number of hydrogen-bond acceptors (Lipinski definition) is 8. The van der Waals surface area contributed by atoms with Gasteiger partial charge in [-0.2, -0.15) is 0 Å². The van der Waals surface area contributed by atoms with Gasteiger partial charge in [0.05, 0.1) is 45.2 Å². The summed E-state index contributed by atoms with van der Waals surface area (Å²) in [5, 5.41) is 0. The van der Waals surface area contributed by atoms with E-state index in [1.54, 1.807) is 31.2 Å². The predicted molar refractivity (Wildman–Crippen MR) is 193 cm³/mol. The molecule has 5 atom stereocenters. The van der Waals surface area contributed by atoms with Gasteiger partial charge in [-0.05, 0) is 53.4 Å². The average Bonchev–Trinajstić information content (AvgIpc) is 3.18. The Labute approximate surface area is 299 Å². The van der Waals surface area contributed by atoms with Crippen molar-refractivity contribution in [2.45, 2.75) is 64.1 Å². The molecule has 51 heavy (non-hydrogen) atoms. The maximum absolute atomic E-state index is 12.3. The van der Waals surface area contributed by atoms with Crippen molar-refractivity contribution >= 4 is 5.97 Å². The molecule has 1 heterocycles. The minimum atomic E-state index is -0.912. The summed E-state index contributed by atoms with van der Waals surface area (Å²) in [6, 6.07) is 46.8. The molecule has 8 nitrogen and oxygen atoms in total. The lowest BCUT2D eigenvalue weighted by atomic mass is 9.97. The number of carbonyl (C=O) groups excluding carboxylic acids is 1. The molecule has 0 aliphatic carbocycles. The van der Waals surface area contributed by atoms with Crippen molar-refractivity contribution in [3.05, 3.63) is 173 Å². The third kappa shape index (κ3) is 10.6. The molecular weight excluding hydrogens is 644 g/mol. The van der Waals surface area contributed by atoms with Gasteiger partial charge in [-0.15, -0.1) is 0 Å². The summed E-state index contributed by atoms with van der Waals surface area (Å²) in [6.07, 6.45) is -3.43. The van der Waals surface area contributed by atoms with Crippen molar-refractivity contribution in [3.63, 3.8) is 0 Å². The number of hydrogen-bond donors (Lipinski definition) is 0. The molecule has 8 heteroatoms. The van der Waals surface area contributed by atoms with E-state index >= 15 is 0 Å². The van der Waals surface area contributed by atoms with Crippen LogP contribution < -0.4 is 4.74 Å². The number of ether oxygens (including phenoxy) is 7. The van der Waals surface area contributed by atoms with Crippen molar-refractivity contribution in [2.75, 3.05) is 13.2 Å². The quantitative estimate of drug-likeness (QED) is 0.0912. The smallest absolute Gasteiger partial charge is 0.338 e. The predicted octanol–water partition coefficient (Wildman–Crippen LogP) is 7.94. The molecule has 1 saturated heterocycles. The largest absolute Gasteiger partial charge is 0.462 e. The number of carbonyl (C=O) groups is 1. The molecule has 5 aromatic rings. The lowest BCUT2D eigenvalue weighted by molar-refractivity contribution is -0.310. The first-order chi connectivity index (χ1) is 25.2. The third-order valence-corrected chi connectivity index (χ3v) is 8.46. The first-order valence-electron chi connectivity index (χ1n) is 17.3. The van der Waals surface area contributed by atoms with Crippen LogP contribution in [0.15, 0.2) is 146 Å². The molecule has 0 bridgehead atoms. The molecule has 0 unspecified atom stereocenters. The van der Waals surface area contributed by atoms with Crippen molar-refractivity contribution < 1.29 is 38.0 Å². The number of benzene rings is 5. The Kier molecular flexibility index (Phi) is 13.4. The molecule has 1 aliphatic heterocycles. The van der Waals surface area contributed by atoms with Gasteiger partial charge in [0.25, 0.3) is 0 Å². The zero-order chi connectivity index (χ0) is 35.1. The second kappa shape index (κ2) is 19.0. The summed E-state index contributed by atoms with van der Waals surface area (Å²) in [6.45, 7) is 3.63. The van der Waals surface area contributed by atoms with Crippen molar-refractivity contribution in [1.82, 2.24) is 0 Å². The number of esters is 1. The molecule has 264 valence electrons. The summed E-state index contributed by atoms with van der Waals surface area (Å²) in [5.41, 5.74) is 4.50. The van der Waals surface area contributed by atoms with Crippen LogP contribution in [0.4, 0.5) is 0 Å². The third-order valence-electron chi connectivity index (χ3n) is 8.46. The van der Waals surface area contributed by atoms with Crippen LogP contribution in [-0.2, 0) is 54.8 Å². The Balaban J connectivity index is 1.32. The highest BCUT2D eigenvalue weighted by atomic mass is 16.7. The fraction of sp³-hybridized carbons (Fsp3) is 0.279. The van der Waals surface area contributed by atoms with Gasteiger partial charge in [-0.1, -0.05) is 121 Å². The Morgan fingerprint density at radius 3 is 1.49 bits per heavy atom. The highest BCUT2D eigenvalue weighted by Crippen LogP contribution is 2.32. The molecule has 1 fully saturated rings. The van der Waals surface area contributed by atoms with Crippen LogP contribution in [0.5, 0.6) is 5.75 Å². The van der Waals surface area contributed by atoms with Gasteiger partial charge in [0.1, 0.15) is 30.2 Å². The van der Waals surface area contributed by atoms with Gasteiger partial charge in [0.2, 0.25) is 6.29 Å². The van der Waals surface area contributed by atoms with Crippen LogP contribution in [0.1, 0.15) is 39.5 Å². The summed E-state index contributed by atoms with van der Waals surface area (Å²) < 4.78 is 44.9. The standard InChI is InChI=1S/C43H44O8/c1-2-46-42(44)36-23-25-37(26-24-36)50-43-41(49-30-35-21-13-6-14-22-35)40(48-29-34-19-11-5-12-20-34)39(47-28-33-17-9-4-10-18-33)38(51-43)31-45-27-32-15-7-3-8-16-32/h3-26,38-41,43H,2,27-31H2,1H3/t38-,39+,40+,41-,43+/m1/s1. The van der Waals surface area contributed by atoms with Crippen LogP contribution >= 0.6 is 0 Å². The van der Waals surface area contributed by atoms with E-state index in [9.17, 15) is 4.79 Å². The molecule has 0 amide bonds. The SMILES string of the molecule is CCOC(=O)c1ccc(O[C@H]2O[C@H](COCc3ccccc3)[C@H](OCc3ccccc3)[C@H](OCc3ccccc3)[C@H]2OCc2ccccc2)cc1. The van der Waals surface area contributed by atoms with E-state index in [1.807, 2.05) is 121 Å². The molecular formula is C43H44O8. The van der Waals surface area contributed by atoms with Crippen LogP contribution in [0.25, 0.3) is 0 Å². The molecule has 6 rings (SSSR count). The minimum absolute atomic E-state index is 0.215. The second-order valence-electron chi connectivity index (χ2n) is 12.2. The van der Waals surface area contributed by atoms with Crippen LogP contribution in [0, 0.1) is 0 Å². The fourth-order valence-electron chi connectivity index (χ4n) is 5.86. The van der Waals surface area contributed by atoms with E-state index in [-0.39, 0.29) is 6.61 Å². The molecule has 5 aromatic carbocycles. The summed E-state index contributed by atoms with van der Waals surface area (Å²) >= 11 is 0. The first-order valence-corrected chi connectivity index (χ1v) is 17.3. The highest BCUT2D eigenvalue weighted by molar-refractivity contribution is 5.89. The Morgan fingerprint density at radius 1 is 0.549 bits per heavy atom. The van der Waals surface area contributed by atoms with Gasteiger partial charge < -0.3 is 33.2 Å². The van der Waals surface area contributed by atoms with Gasteiger partial charge in [-0.25, -0.2) is 4.79 Å². The average molecular weight is 689 g/mol. The maximum Gasteiger partial charge on any atom is 0.338 e. The van der Waals surface area contributed by atoms with E-state index in [1.165, 1.54) is 0 Å². The van der Waals surface area contributed by atoms with Gasteiger partial charge in [0.15, 0.2) is 0 Å². The van der Waals surface area contributed by atoms with Gasteiger partial charge in [0, 0.05) is 0 Å². The zero-order valence-electron chi connectivity index (χ0n) is 28.8. The molecule has 0 spiro atoms. The fourth-order valence-corrected chi connectivity index (χ4v) is 5.86. The summed E-state index contributed by atoms with van der Waals surface area (Å²) in [5.74, 6) is 0.0984. The van der Waals surface area contributed by atoms with Crippen LogP contribution in [0.3, 0.4) is 0 Å². The van der Waals surface area contributed by atoms with Gasteiger partial charge in [-0.3, -0.25) is 0 Å². The monoisotopic (exact) mass is 688 g/mol. The summed E-state index contributed by atoms with van der Waals surface area (Å²) in [4.78, 5) is 12.3. The van der Waals surface area contributed by atoms with Crippen LogP contribution in [0.2, 0.25) is 0 Å². The number of rotatable bonds is 17. The highest BCUT2D eigenvalue weighted by Gasteiger charge is 2.49. The van der Waals surface area contributed by atoms with E-state index < -0.39 is 36.7 Å². The molecule has 0 radical (unpaired) electrons. The van der Waals surface area contributed by atoms with E-state index in [4.69, 9.17) is 33.2 Å². The molecule has 0 N–H and O–H groups in total. The molecule has 0 aromatic heterocycles. The Bertz CT molecular complexity index is 1720. The lowest BCUT2D eigenvalue weighted by Crippen LogP contribution is -2.62. The van der Waals surface area contributed by atoms with E-state index in [2.05, 4.69) is 0 Å². The van der Waals surface area contributed by atoms with Crippen LogP contribution in [-0.4, -0.2) is 49.9 Å². The second-order valence-corrected chi connectivity index (χ2v) is 12.2. The van der Waals surface area contributed by atoms with E-state index in [0.29, 0.717) is 44.3 Å². The van der Waals surface area contributed by atoms with Crippen molar-refractivity contribution in [2.24, 2.45) is 0 Å². The lowest BCUT2D eigenvalue weighted by Gasteiger charge is -2.45. The Hall–Kier alpha value is -4.83.